The van der Waals surface area contributed by atoms with Gasteiger partial charge in [-0.2, -0.15) is 4.31 Å². The second-order valence-electron chi connectivity index (χ2n) is 9.05. The first-order chi connectivity index (χ1) is 11.1. The number of hydrogen-bond acceptors (Lipinski definition) is 4. The number of nitrogens with zero attached hydrogens (tertiary/aromatic N) is 1. The van der Waals surface area contributed by atoms with Gasteiger partial charge in [-0.15, -0.1) is 0 Å². The van der Waals surface area contributed by atoms with Crippen LogP contribution in [0.25, 0.3) is 0 Å². The van der Waals surface area contributed by atoms with Crippen LogP contribution in [0.3, 0.4) is 0 Å². The number of ether oxygens (including phenoxy) is 2. The lowest BCUT2D eigenvalue weighted by molar-refractivity contribution is -0.198. The molecule has 0 bridgehead atoms. The highest BCUT2D eigenvalue weighted by molar-refractivity contribution is 7.88. The van der Waals surface area contributed by atoms with E-state index in [9.17, 15) is 8.42 Å². The normalized spacial score (nSPS) is 16.5. The van der Waals surface area contributed by atoms with Crippen molar-refractivity contribution in [3.63, 3.8) is 0 Å². The van der Waals surface area contributed by atoms with Crippen LogP contribution in [-0.4, -0.2) is 50.1 Å². The molecule has 0 saturated heterocycles. The van der Waals surface area contributed by atoms with Gasteiger partial charge in [0.2, 0.25) is 10.0 Å². The molecule has 2 unspecified atom stereocenters. The third-order valence-corrected chi connectivity index (χ3v) is 6.21. The van der Waals surface area contributed by atoms with Crippen LogP contribution in [0.2, 0.25) is 0 Å². The summed E-state index contributed by atoms with van der Waals surface area (Å²) in [6.07, 6.45) is 2.67. The number of sulfonamides is 1. The van der Waals surface area contributed by atoms with Crippen molar-refractivity contribution in [2.24, 2.45) is 11.3 Å². The summed E-state index contributed by atoms with van der Waals surface area (Å²) in [5.41, 5.74) is -0.577. The SMILES string of the molecule is CCC(CC)COC(CN(C(C)(C)C)S(C)(=O)=O)OC(C)C(C)(C)C. The van der Waals surface area contributed by atoms with Gasteiger partial charge < -0.3 is 9.47 Å². The van der Waals surface area contributed by atoms with Crippen LogP contribution in [0.4, 0.5) is 0 Å². The Morgan fingerprint density at radius 1 is 1.00 bits per heavy atom. The first-order valence-electron chi connectivity index (χ1n) is 9.37. The van der Waals surface area contributed by atoms with Gasteiger partial charge in [-0.05, 0) is 39.0 Å². The van der Waals surface area contributed by atoms with E-state index >= 15 is 0 Å². The molecule has 0 aromatic heterocycles. The molecule has 0 heterocycles. The first-order valence-corrected chi connectivity index (χ1v) is 11.2. The molecule has 0 spiro atoms. The summed E-state index contributed by atoms with van der Waals surface area (Å²) in [6.45, 7) is 19.0. The minimum absolute atomic E-state index is 0.0474. The van der Waals surface area contributed by atoms with E-state index in [-0.39, 0.29) is 18.1 Å². The van der Waals surface area contributed by atoms with Crippen LogP contribution in [0.5, 0.6) is 0 Å². The molecule has 152 valence electrons. The topological polar surface area (TPSA) is 55.8 Å². The highest BCUT2D eigenvalue weighted by Crippen LogP contribution is 2.25. The maximum atomic E-state index is 12.3. The molecule has 0 aliphatic heterocycles. The van der Waals surface area contributed by atoms with E-state index in [1.165, 1.54) is 10.6 Å². The minimum Gasteiger partial charge on any atom is -0.351 e. The molecule has 6 heteroatoms. The molecule has 0 aromatic carbocycles. The van der Waals surface area contributed by atoms with Gasteiger partial charge in [0.05, 0.1) is 25.5 Å². The zero-order chi connectivity index (χ0) is 20.1. The lowest BCUT2D eigenvalue weighted by Gasteiger charge is -2.38. The molecule has 0 N–H and O–H groups in total. The second kappa shape index (κ2) is 9.67. The molecule has 5 nitrogen and oxygen atoms in total. The zero-order valence-electron chi connectivity index (χ0n) is 18.0. The Hall–Kier alpha value is -0.170. The molecule has 0 amide bonds. The van der Waals surface area contributed by atoms with E-state index in [0.29, 0.717) is 12.5 Å². The Balaban J connectivity index is 5.34. The van der Waals surface area contributed by atoms with Crippen molar-refractivity contribution < 1.29 is 17.9 Å². The van der Waals surface area contributed by atoms with Crippen molar-refractivity contribution in [2.75, 3.05) is 19.4 Å². The highest BCUT2D eigenvalue weighted by atomic mass is 32.2. The first kappa shape index (κ1) is 24.8. The molecular formula is C19H41NO4S. The van der Waals surface area contributed by atoms with Crippen molar-refractivity contribution in [2.45, 2.75) is 93.1 Å². The lowest BCUT2D eigenvalue weighted by atomic mass is 9.90. The Bertz CT molecular complexity index is 473. The predicted octanol–water partition coefficient (Wildman–Crippen LogP) is 4.28. The average molecular weight is 380 g/mol. The summed E-state index contributed by atoms with van der Waals surface area (Å²) in [6, 6.07) is 0. The molecule has 0 fully saturated rings. The Kier molecular flexibility index (Phi) is 9.61. The van der Waals surface area contributed by atoms with Gasteiger partial charge in [0.15, 0.2) is 6.29 Å². The summed E-state index contributed by atoms with van der Waals surface area (Å²) in [7, 11) is -3.37. The Morgan fingerprint density at radius 2 is 1.48 bits per heavy atom. The molecule has 0 rings (SSSR count). The molecule has 2 atom stereocenters. The third kappa shape index (κ3) is 9.36. The van der Waals surface area contributed by atoms with Crippen molar-refractivity contribution in [1.29, 1.82) is 0 Å². The fourth-order valence-corrected chi connectivity index (χ4v) is 3.76. The van der Waals surface area contributed by atoms with E-state index < -0.39 is 21.9 Å². The molecule has 0 aromatic rings. The Labute approximate surface area is 156 Å². The van der Waals surface area contributed by atoms with E-state index in [0.717, 1.165) is 12.8 Å². The van der Waals surface area contributed by atoms with Gasteiger partial charge in [0.25, 0.3) is 0 Å². The molecule has 0 radical (unpaired) electrons. The summed E-state index contributed by atoms with van der Waals surface area (Å²) in [5, 5.41) is 0. The predicted molar refractivity (Wildman–Crippen MR) is 105 cm³/mol. The number of rotatable bonds is 10. The lowest BCUT2D eigenvalue weighted by Crippen LogP contribution is -2.50. The maximum absolute atomic E-state index is 12.3. The van der Waals surface area contributed by atoms with E-state index in [4.69, 9.17) is 9.47 Å². The van der Waals surface area contributed by atoms with Gasteiger partial charge in [0, 0.05) is 5.54 Å². The van der Waals surface area contributed by atoms with E-state index in [1.807, 2.05) is 27.7 Å². The molecule has 0 saturated carbocycles. The van der Waals surface area contributed by atoms with Gasteiger partial charge in [-0.25, -0.2) is 8.42 Å². The smallest absolute Gasteiger partial charge is 0.211 e. The van der Waals surface area contributed by atoms with Crippen LogP contribution < -0.4 is 0 Å². The zero-order valence-corrected chi connectivity index (χ0v) is 18.9. The third-order valence-electron chi connectivity index (χ3n) is 4.71. The summed E-state index contributed by atoms with van der Waals surface area (Å²) in [4.78, 5) is 0. The number of hydrogen-bond donors (Lipinski definition) is 0. The maximum Gasteiger partial charge on any atom is 0.211 e. The summed E-state index contributed by atoms with van der Waals surface area (Å²) >= 11 is 0. The van der Waals surface area contributed by atoms with Crippen LogP contribution in [0.1, 0.15) is 75.2 Å². The monoisotopic (exact) mass is 379 g/mol. The van der Waals surface area contributed by atoms with Crippen LogP contribution in [0.15, 0.2) is 0 Å². The minimum atomic E-state index is -3.37. The average Bonchev–Trinajstić information content (AvgIpc) is 2.41. The summed E-state index contributed by atoms with van der Waals surface area (Å²) < 4.78 is 38.2. The van der Waals surface area contributed by atoms with Crippen molar-refractivity contribution in [3.8, 4) is 0 Å². The van der Waals surface area contributed by atoms with Gasteiger partial charge in [-0.1, -0.05) is 47.5 Å². The fourth-order valence-electron chi connectivity index (χ4n) is 2.38. The fraction of sp³-hybridized carbons (Fsp3) is 1.00. The molecule has 25 heavy (non-hydrogen) atoms. The van der Waals surface area contributed by atoms with Crippen molar-refractivity contribution >= 4 is 10.0 Å². The van der Waals surface area contributed by atoms with E-state index in [2.05, 4.69) is 34.6 Å². The highest BCUT2D eigenvalue weighted by Gasteiger charge is 2.34. The van der Waals surface area contributed by atoms with Crippen molar-refractivity contribution in [1.82, 2.24) is 4.31 Å². The molecule has 0 aliphatic carbocycles. The summed E-state index contributed by atoms with van der Waals surface area (Å²) in [5.74, 6) is 0.456. The van der Waals surface area contributed by atoms with Crippen LogP contribution in [-0.2, 0) is 19.5 Å². The van der Waals surface area contributed by atoms with Crippen LogP contribution in [0, 0.1) is 11.3 Å². The second-order valence-corrected chi connectivity index (χ2v) is 11.0. The van der Waals surface area contributed by atoms with E-state index in [1.54, 1.807) is 0 Å². The molecular weight excluding hydrogens is 338 g/mol. The Morgan fingerprint density at radius 3 is 1.80 bits per heavy atom. The van der Waals surface area contributed by atoms with Gasteiger partial charge >= 0.3 is 0 Å². The van der Waals surface area contributed by atoms with Crippen LogP contribution >= 0.6 is 0 Å². The van der Waals surface area contributed by atoms with Gasteiger partial charge in [0.1, 0.15) is 0 Å². The molecule has 0 aliphatic rings. The van der Waals surface area contributed by atoms with Crippen molar-refractivity contribution in [3.05, 3.63) is 0 Å². The largest absolute Gasteiger partial charge is 0.351 e. The quantitative estimate of drug-likeness (QED) is 0.532. The standard InChI is InChI=1S/C19H41NO4S/c1-11-16(12-2)14-23-17(24-15(3)18(4,5)6)13-20(19(7,8)9)25(10,21)22/h15-17H,11-14H2,1-10H3. The van der Waals surface area contributed by atoms with Gasteiger partial charge in [-0.3, -0.25) is 0 Å².